The summed E-state index contributed by atoms with van der Waals surface area (Å²) in [6.45, 7) is 5.29. The van der Waals surface area contributed by atoms with Crippen molar-refractivity contribution < 1.29 is 18.5 Å². The fraction of sp³-hybridized carbons (Fsp3) is 0.800. The zero-order chi connectivity index (χ0) is 12.7. The molecule has 0 radical (unpaired) electrons. The summed E-state index contributed by atoms with van der Waals surface area (Å²) < 4.78 is 16.0. The van der Waals surface area contributed by atoms with Crippen LogP contribution in [0.2, 0.25) is 0 Å². The van der Waals surface area contributed by atoms with Gasteiger partial charge in [0.25, 0.3) is 0 Å². The van der Waals surface area contributed by atoms with E-state index in [9.17, 15) is 13.8 Å². The molecule has 2 atom stereocenters. The van der Waals surface area contributed by atoms with E-state index in [4.69, 9.17) is 0 Å². The van der Waals surface area contributed by atoms with Crippen molar-refractivity contribution in [3.05, 3.63) is 0 Å². The summed E-state index contributed by atoms with van der Waals surface area (Å²) in [7, 11) is -0.0467. The van der Waals surface area contributed by atoms with Gasteiger partial charge in [0.15, 0.2) is 0 Å². The van der Waals surface area contributed by atoms with Gasteiger partial charge in [0.2, 0.25) is 5.91 Å². The van der Waals surface area contributed by atoms with Crippen LogP contribution in [0.3, 0.4) is 0 Å². The van der Waals surface area contributed by atoms with Gasteiger partial charge in [-0.15, -0.1) is 0 Å². The first-order valence-electron chi connectivity index (χ1n) is 5.09. The molecule has 0 aliphatic carbocycles. The molecule has 0 heterocycles. The Bertz CT molecular complexity index is 278. The Balaban J connectivity index is 3.99. The number of amides is 1. The predicted molar refractivity (Wildman–Crippen MR) is 62.3 cm³/mol. The van der Waals surface area contributed by atoms with Crippen molar-refractivity contribution in [2.75, 3.05) is 18.6 Å². The van der Waals surface area contributed by atoms with Crippen LogP contribution in [0.5, 0.6) is 0 Å². The van der Waals surface area contributed by atoms with E-state index in [2.05, 4.69) is 10.1 Å². The highest BCUT2D eigenvalue weighted by molar-refractivity contribution is 7.85. The summed E-state index contributed by atoms with van der Waals surface area (Å²) in [4.78, 5) is 22.3. The van der Waals surface area contributed by atoms with Gasteiger partial charge in [0.1, 0.15) is 5.75 Å². The predicted octanol–water partition coefficient (Wildman–Crippen LogP) is 0.0688. The van der Waals surface area contributed by atoms with E-state index in [1.165, 1.54) is 7.11 Å². The largest absolute Gasteiger partial charge is 0.469 e. The number of nitrogens with one attached hydrogen (secondary N) is 1. The van der Waals surface area contributed by atoms with E-state index in [0.717, 1.165) is 0 Å². The summed E-state index contributed by atoms with van der Waals surface area (Å²) in [6.07, 6.45) is 0. The number of esters is 1. The van der Waals surface area contributed by atoms with Crippen LogP contribution in [0.15, 0.2) is 0 Å². The van der Waals surface area contributed by atoms with E-state index in [-0.39, 0.29) is 23.5 Å². The standard InChI is InChI=1S/C10H19NO4S/c1-7(2)11-9(12)6-16(14)5-8(3)10(13)15-4/h7-8H,5-6H2,1-4H3,(H,11,12). The highest BCUT2D eigenvalue weighted by Gasteiger charge is 2.18. The van der Waals surface area contributed by atoms with Crippen LogP contribution in [0.1, 0.15) is 20.8 Å². The van der Waals surface area contributed by atoms with E-state index in [1.54, 1.807) is 6.92 Å². The molecule has 0 aromatic heterocycles. The highest BCUT2D eigenvalue weighted by atomic mass is 32.2. The quantitative estimate of drug-likeness (QED) is 0.676. The molecule has 0 fully saturated rings. The number of methoxy groups -OCH3 is 1. The van der Waals surface area contributed by atoms with E-state index in [1.807, 2.05) is 13.8 Å². The van der Waals surface area contributed by atoms with Crippen molar-refractivity contribution in [2.45, 2.75) is 26.8 Å². The molecule has 0 aliphatic rings. The summed E-state index contributed by atoms with van der Waals surface area (Å²) in [6, 6.07) is 0.0301. The van der Waals surface area contributed by atoms with Gasteiger partial charge in [-0.1, -0.05) is 6.92 Å². The van der Waals surface area contributed by atoms with Gasteiger partial charge < -0.3 is 10.1 Å². The summed E-state index contributed by atoms with van der Waals surface area (Å²) >= 11 is 0. The van der Waals surface area contributed by atoms with Crippen LogP contribution in [-0.4, -0.2) is 40.7 Å². The van der Waals surface area contributed by atoms with Crippen LogP contribution in [-0.2, 0) is 25.1 Å². The molecule has 16 heavy (non-hydrogen) atoms. The van der Waals surface area contributed by atoms with Crippen molar-refractivity contribution in [1.82, 2.24) is 5.32 Å². The summed E-state index contributed by atoms with van der Waals surface area (Å²) in [5, 5.41) is 2.64. The topological polar surface area (TPSA) is 72.5 Å². The summed E-state index contributed by atoms with van der Waals surface area (Å²) in [5.74, 6) is -1.03. The van der Waals surface area contributed by atoms with Crippen LogP contribution in [0.25, 0.3) is 0 Å². The zero-order valence-electron chi connectivity index (χ0n) is 10.1. The summed E-state index contributed by atoms with van der Waals surface area (Å²) in [5.41, 5.74) is 0. The smallest absolute Gasteiger partial charge is 0.309 e. The molecule has 0 saturated carbocycles. The Kier molecular flexibility index (Phi) is 6.96. The third-order valence-corrected chi connectivity index (χ3v) is 3.24. The second-order valence-corrected chi connectivity index (χ2v) is 5.40. The molecule has 0 aromatic carbocycles. The van der Waals surface area contributed by atoms with Gasteiger partial charge >= 0.3 is 5.97 Å². The van der Waals surface area contributed by atoms with Crippen molar-refractivity contribution in [3.63, 3.8) is 0 Å². The lowest BCUT2D eigenvalue weighted by Crippen LogP contribution is -2.35. The van der Waals surface area contributed by atoms with E-state index < -0.39 is 22.7 Å². The second-order valence-electron chi connectivity index (χ2n) is 3.90. The Labute approximate surface area is 98.4 Å². The first kappa shape index (κ1) is 15.1. The SMILES string of the molecule is COC(=O)C(C)CS(=O)CC(=O)NC(C)C. The second kappa shape index (κ2) is 7.38. The molecule has 0 spiro atoms. The zero-order valence-corrected chi connectivity index (χ0v) is 10.9. The molecule has 2 unspecified atom stereocenters. The number of carbonyl (C=O) groups is 2. The van der Waals surface area contributed by atoms with Gasteiger partial charge in [-0.2, -0.15) is 0 Å². The third-order valence-electron chi connectivity index (χ3n) is 1.78. The first-order valence-corrected chi connectivity index (χ1v) is 6.57. The Morgan fingerprint density at radius 2 is 1.88 bits per heavy atom. The lowest BCUT2D eigenvalue weighted by Gasteiger charge is -2.10. The van der Waals surface area contributed by atoms with Crippen molar-refractivity contribution in [3.8, 4) is 0 Å². The number of hydrogen-bond donors (Lipinski definition) is 1. The maximum absolute atomic E-state index is 11.5. The first-order chi connectivity index (χ1) is 7.36. The van der Waals surface area contributed by atoms with Gasteiger partial charge in [-0.3, -0.25) is 13.8 Å². The van der Waals surface area contributed by atoms with Crippen LogP contribution >= 0.6 is 0 Å². The maximum Gasteiger partial charge on any atom is 0.309 e. The molecule has 0 aromatic rings. The highest BCUT2D eigenvalue weighted by Crippen LogP contribution is 2.01. The van der Waals surface area contributed by atoms with E-state index >= 15 is 0 Å². The lowest BCUT2D eigenvalue weighted by atomic mass is 10.2. The normalized spacial score (nSPS) is 14.3. The molecule has 6 heteroatoms. The number of ether oxygens (including phenoxy) is 1. The molecule has 5 nitrogen and oxygen atoms in total. The van der Waals surface area contributed by atoms with Crippen molar-refractivity contribution in [2.24, 2.45) is 5.92 Å². The monoisotopic (exact) mass is 249 g/mol. The number of hydrogen-bond acceptors (Lipinski definition) is 4. The number of carbonyl (C=O) groups excluding carboxylic acids is 2. The van der Waals surface area contributed by atoms with Crippen LogP contribution < -0.4 is 5.32 Å². The Hall–Kier alpha value is -0.910. The average Bonchev–Trinajstić information content (AvgIpc) is 2.14. The van der Waals surface area contributed by atoms with Crippen LogP contribution in [0.4, 0.5) is 0 Å². The molecular weight excluding hydrogens is 230 g/mol. The Morgan fingerprint density at radius 1 is 1.31 bits per heavy atom. The van der Waals surface area contributed by atoms with E-state index in [0.29, 0.717) is 0 Å². The molecule has 0 bridgehead atoms. The molecule has 1 amide bonds. The molecule has 1 N–H and O–H groups in total. The van der Waals surface area contributed by atoms with Gasteiger partial charge in [-0.25, -0.2) is 0 Å². The minimum atomic E-state index is -1.33. The minimum absolute atomic E-state index is 0.0301. The van der Waals surface area contributed by atoms with Gasteiger partial charge in [-0.05, 0) is 13.8 Å². The Morgan fingerprint density at radius 3 is 2.31 bits per heavy atom. The molecule has 0 aliphatic heterocycles. The number of rotatable bonds is 6. The maximum atomic E-state index is 11.5. The lowest BCUT2D eigenvalue weighted by molar-refractivity contribution is -0.144. The molecule has 94 valence electrons. The molecule has 0 rings (SSSR count). The fourth-order valence-electron chi connectivity index (χ4n) is 1.12. The minimum Gasteiger partial charge on any atom is -0.469 e. The molecule has 0 saturated heterocycles. The van der Waals surface area contributed by atoms with Gasteiger partial charge in [0.05, 0.1) is 13.0 Å². The van der Waals surface area contributed by atoms with Gasteiger partial charge in [0, 0.05) is 22.6 Å². The van der Waals surface area contributed by atoms with Crippen LogP contribution in [0, 0.1) is 5.92 Å². The van der Waals surface area contributed by atoms with Crippen molar-refractivity contribution in [1.29, 1.82) is 0 Å². The fourth-order valence-corrected chi connectivity index (χ4v) is 2.30. The average molecular weight is 249 g/mol. The molecular formula is C10H19NO4S. The van der Waals surface area contributed by atoms with Crippen molar-refractivity contribution >= 4 is 22.7 Å². The third kappa shape index (κ3) is 6.55.